The molecule has 0 spiro atoms. The van der Waals surface area contributed by atoms with Gasteiger partial charge in [-0.3, -0.25) is 0 Å². The Morgan fingerprint density at radius 3 is 2.38 bits per heavy atom. The van der Waals surface area contributed by atoms with Gasteiger partial charge in [-0.25, -0.2) is 9.18 Å². The maximum Gasteiger partial charge on any atom is 0.446 e. The second-order valence-corrected chi connectivity index (χ2v) is 6.62. The number of alkyl halides is 3. The van der Waals surface area contributed by atoms with Crippen molar-refractivity contribution < 1.29 is 22.4 Å². The molecule has 2 amide bonds. The first kappa shape index (κ1) is 18.6. The molecule has 0 unspecified atom stereocenters. The average molecular weight is 423 g/mol. The zero-order valence-electron chi connectivity index (χ0n) is 12.0. The molecule has 0 radical (unpaired) electrons. The zero-order valence-corrected chi connectivity index (χ0v) is 14.4. The summed E-state index contributed by atoms with van der Waals surface area (Å²) in [6.07, 6.45) is 0. The lowest BCUT2D eigenvalue weighted by Crippen LogP contribution is -2.28. The fraction of sp³-hybridized carbons (Fsp3) is 0.133. The van der Waals surface area contributed by atoms with Crippen molar-refractivity contribution in [2.45, 2.75) is 16.9 Å². The van der Waals surface area contributed by atoms with Crippen molar-refractivity contribution in [1.82, 2.24) is 5.32 Å². The minimum Gasteiger partial charge on any atom is -0.334 e. The third-order valence-electron chi connectivity index (χ3n) is 2.78. The van der Waals surface area contributed by atoms with E-state index in [4.69, 9.17) is 0 Å². The fourth-order valence-electron chi connectivity index (χ4n) is 1.75. The van der Waals surface area contributed by atoms with Crippen molar-refractivity contribution in [2.75, 3.05) is 5.32 Å². The molecule has 2 aromatic carbocycles. The Bertz CT molecular complexity index is 722. The van der Waals surface area contributed by atoms with E-state index in [1.54, 1.807) is 6.07 Å². The van der Waals surface area contributed by atoms with E-state index in [0.717, 1.165) is 0 Å². The van der Waals surface area contributed by atoms with E-state index in [1.165, 1.54) is 36.4 Å². The molecule has 0 saturated heterocycles. The van der Waals surface area contributed by atoms with E-state index >= 15 is 0 Å². The van der Waals surface area contributed by atoms with Crippen LogP contribution in [0.4, 0.5) is 28.0 Å². The Labute approximate surface area is 147 Å². The van der Waals surface area contributed by atoms with Crippen molar-refractivity contribution in [3.05, 3.63) is 58.3 Å². The SMILES string of the molecule is O=C(NCc1ccc(F)c(Br)c1)Nc1ccc(SC(F)(F)F)cc1. The normalized spacial score (nSPS) is 11.2. The topological polar surface area (TPSA) is 41.1 Å². The van der Waals surface area contributed by atoms with Crippen LogP contribution < -0.4 is 10.6 Å². The summed E-state index contributed by atoms with van der Waals surface area (Å²) in [6, 6.07) is 9.12. The smallest absolute Gasteiger partial charge is 0.334 e. The van der Waals surface area contributed by atoms with Crippen molar-refractivity contribution in [2.24, 2.45) is 0 Å². The second kappa shape index (κ2) is 7.89. The van der Waals surface area contributed by atoms with Crippen molar-refractivity contribution in [3.63, 3.8) is 0 Å². The van der Waals surface area contributed by atoms with E-state index in [-0.39, 0.29) is 23.2 Å². The van der Waals surface area contributed by atoms with Gasteiger partial charge >= 0.3 is 11.5 Å². The van der Waals surface area contributed by atoms with Crippen LogP contribution in [0.2, 0.25) is 0 Å². The summed E-state index contributed by atoms with van der Waals surface area (Å²) in [4.78, 5) is 11.8. The zero-order chi connectivity index (χ0) is 17.7. The number of anilines is 1. The summed E-state index contributed by atoms with van der Waals surface area (Å²) in [7, 11) is 0. The molecule has 0 bridgehead atoms. The number of nitrogens with one attached hydrogen (secondary N) is 2. The molecule has 0 atom stereocenters. The first-order chi connectivity index (χ1) is 11.2. The van der Waals surface area contributed by atoms with E-state index in [0.29, 0.717) is 15.7 Å². The summed E-state index contributed by atoms with van der Waals surface area (Å²) >= 11 is 2.82. The maximum absolute atomic E-state index is 13.1. The highest BCUT2D eigenvalue weighted by atomic mass is 79.9. The highest BCUT2D eigenvalue weighted by molar-refractivity contribution is 9.10. The number of halogens is 5. The molecule has 2 N–H and O–H groups in total. The van der Waals surface area contributed by atoms with Crippen LogP contribution >= 0.6 is 27.7 Å². The van der Waals surface area contributed by atoms with Gasteiger partial charge in [-0.15, -0.1) is 0 Å². The number of rotatable bonds is 4. The van der Waals surface area contributed by atoms with Gasteiger partial charge in [-0.2, -0.15) is 13.2 Å². The lowest BCUT2D eigenvalue weighted by Gasteiger charge is -2.09. The molecule has 0 aromatic heterocycles. The van der Waals surface area contributed by atoms with Crippen LogP contribution in [-0.2, 0) is 6.54 Å². The molecule has 128 valence electrons. The van der Waals surface area contributed by atoms with Gasteiger partial charge in [0.25, 0.3) is 0 Å². The van der Waals surface area contributed by atoms with Crippen LogP contribution in [0.25, 0.3) is 0 Å². The van der Waals surface area contributed by atoms with E-state index in [1.807, 2.05) is 0 Å². The molecule has 24 heavy (non-hydrogen) atoms. The quantitative estimate of drug-likeness (QED) is 0.502. The molecule has 0 heterocycles. The molecule has 0 fully saturated rings. The van der Waals surface area contributed by atoms with E-state index in [9.17, 15) is 22.4 Å². The van der Waals surface area contributed by atoms with Crippen molar-refractivity contribution in [3.8, 4) is 0 Å². The van der Waals surface area contributed by atoms with Gasteiger partial charge in [0.1, 0.15) is 5.82 Å². The number of amides is 2. The van der Waals surface area contributed by atoms with Gasteiger partial charge in [0.05, 0.1) is 4.47 Å². The highest BCUT2D eigenvalue weighted by Gasteiger charge is 2.29. The van der Waals surface area contributed by atoms with Gasteiger partial charge in [-0.05, 0) is 69.7 Å². The summed E-state index contributed by atoms with van der Waals surface area (Å²) < 4.78 is 50.1. The van der Waals surface area contributed by atoms with Gasteiger partial charge < -0.3 is 10.6 Å². The largest absolute Gasteiger partial charge is 0.446 e. The Hall–Kier alpha value is -1.74. The van der Waals surface area contributed by atoms with Crippen LogP contribution in [0.5, 0.6) is 0 Å². The molecule has 9 heteroatoms. The summed E-state index contributed by atoms with van der Waals surface area (Å²) in [5.41, 5.74) is -3.30. The van der Waals surface area contributed by atoms with Gasteiger partial charge in [0.15, 0.2) is 0 Å². The second-order valence-electron chi connectivity index (χ2n) is 4.63. The Kier molecular flexibility index (Phi) is 6.11. The number of hydrogen-bond donors (Lipinski definition) is 2. The Morgan fingerprint density at radius 2 is 1.79 bits per heavy atom. The molecule has 2 aromatic rings. The third-order valence-corrected chi connectivity index (χ3v) is 4.13. The number of thioether (sulfide) groups is 1. The fourth-order valence-corrected chi connectivity index (χ4v) is 2.71. The first-order valence-corrected chi connectivity index (χ1v) is 8.18. The number of urea groups is 1. The van der Waals surface area contributed by atoms with Crippen LogP contribution in [0.1, 0.15) is 5.56 Å². The number of carbonyl (C=O) groups is 1. The molecule has 0 saturated carbocycles. The highest BCUT2D eigenvalue weighted by Crippen LogP contribution is 2.37. The Balaban J connectivity index is 1.86. The molecule has 3 nitrogen and oxygen atoms in total. The van der Waals surface area contributed by atoms with Gasteiger partial charge in [0, 0.05) is 17.1 Å². The molecule has 0 aliphatic heterocycles. The standard InChI is InChI=1S/C15H11BrF4N2OS/c16-12-7-9(1-6-13(12)17)8-21-14(23)22-10-2-4-11(5-3-10)24-15(18,19)20/h1-7H,8H2,(H2,21,22,23). The number of benzene rings is 2. The van der Waals surface area contributed by atoms with Crippen molar-refractivity contribution >= 4 is 39.4 Å². The summed E-state index contributed by atoms with van der Waals surface area (Å²) in [6.45, 7) is 0.173. The lowest BCUT2D eigenvalue weighted by atomic mass is 10.2. The molecular formula is C15H11BrF4N2OS. The van der Waals surface area contributed by atoms with Crippen LogP contribution in [0, 0.1) is 5.82 Å². The number of carbonyl (C=O) groups excluding carboxylic acids is 1. The van der Waals surface area contributed by atoms with E-state index < -0.39 is 17.4 Å². The molecule has 0 aliphatic rings. The monoisotopic (exact) mass is 422 g/mol. The van der Waals surface area contributed by atoms with Crippen LogP contribution in [-0.4, -0.2) is 11.5 Å². The number of hydrogen-bond acceptors (Lipinski definition) is 2. The van der Waals surface area contributed by atoms with Crippen LogP contribution in [0.15, 0.2) is 51.8 Å². The molecular weight excluding hydrogens is 412 g/mol. The maximum atomic E-state index is 13.1. The predicted molar refractivity (Wildman–Crippen MR) is 88.3 cm³/mol. The van der Waals surface area contributed by atoms with E-state index in [2.05, 4.69) is 26.6 Å². The summed E-state index contributed by atoms with van der Waals surface area (Å²) in [5, 5.41) is 5.07. The van der Waals surface area contributed by atoms with Gasteiger partial charge in [-0.1, -0.05) is 6.07 Å². The summed E-state index contributed by atoms with van der Waals surface area (Å²) in [5.74, 6) is -0.403. The molecule has 2 rings (SSSR count). The predicted octanol–water partition coefficient (Wildman–Crippen LogP) is 5.52. The lowest BCUT2D eigenvalue weighted by molar-refractivity contribution is -0.0328. The first-order valence-electron chi connectivity index (χ1n) is 6.57. The van der Waals surface area contributed by atoms with Crippen LogP contribution in [0.3, 0.4) is 0 Å². The Morgan fingerprint density at radius 1 is 1.12 bits per heavy atom. The minimum atomic E-state index is -4.35. The van der Waals surface area contributed by atoms with Crippen molar-refractivity contribution in [1.29, 1.82) is 0 Å². The third kappa shape index (κ3) is 6.04. The minimum absolute atomic E-state index is 0.0321. The molecule has 0 aliphatic carbocycles. The average Bonchev–Trinajstić information content (AvgIpc) is 2.49. The van der Waals surface area contributed by atoms with Gasteiger partial charge in [0.2, 0.25) is 0 Å².